The Kier molecular flexibility index (Phi) is 5.15. The van der Waals surface area contributed by atoms with E-state index in [0.717, 1.165) is 38.2 Å². The Balaban J connectivity index is 1.90. The molecule has 1 aliphatic heterocycles. The molecule has 1 unspecified atom stereocenters. The van der Waals surface area contributed by atoms with Crippen molar-refractivity contribution in [3.63, 3.8) is 0 Å². The van der Waals surface area contributed by atoms with E-state index >= 15 is 0 Å². The van der Waals surface area contributed by atoms with Crippen molar-refractivity contribution in [2.75, 3.05) is 24.6 Å². The van der Waals surface area contributed by atoms with Gasteiger partial charge in [-0.25, -0.2) is 0 Å². The molecule has 0 amide bonds. The molecule has 1 aromatic heterocycles. The van der Waals surface area contributed by atoms with Crippen LogP contribution >= 0.6 is 0 Å². The third kappa shape index (κ3) is 4.08. The molecule has 1 atom stereocenters. The van der Waals surface area contributed by atoms with Crippen LogP contribution in [0.2, 0.25) is 0 Å². The summed E-state index contributed by atoms with van der Waals surface area (Å²) in [5.74, 6) is 1.07. The van der Waals surface area contributed by atoms with Crippen LogP contribution in [-0.2, 0) is 4.79 Å². The lowest BCUT2D eigenvalue weighted by Gasteiger charge is -2.17. The Morgan fingerprint density at radius 3 is 3.15 bits per heavy atom. The first-order chi connectivity index (χ1) is 9.69. The maximum Gasteiger partial charge on any atom is 0.303 e. The van der Waals surface area contributed by atoms with Gasteiger partial charge in [0, 0.05) is 19.5 Å². The maximum atomic E-state index is 10.6. The van der Waals surface area contributed by atoms with Gasteiger partial charge in [0.05, 0.1) is 19.0 Å². The first-order valence-electron chi connectivity index (χ1n) is 7.10. The maximum absolute atomic E-state index is 10.6. The van der Waals surface area contributed by atoms with Crippen molar-refractivity contribution in [1.82, 2.24) is 9.97 Å². The summed E-state index contributed by atoms with van der Waals surface area (Å²) in [5.41, 5.74) is 0. The topological polar surface area (TPSA) is 75.5 Å². The molecule has 2 rings (SSSR count). The molecule has 1 fully saturated rings. The van der Waals surface area contributed by atoms with Crippen molar-refractivity contribution >= 4 is 11.8 Å². The molecule has 0 bridgehead atoms. The van der Waals surface area contributed by atoms with Crippen LogP contribution in [0.5, 0.6) is 5.88 Å². The molecule has 6 nitrogen and oxygen atoms in total. The number of hydrogen-bond acceptors (Lipinski definition) is 5. The van der Waals surface area contributed by atoms with Gasteiger partial charge in [0.2, 0.25) is 5.88 Å². The molecular weight excluding hydrogens is 258 g/mol. The van der Waals surface area contributed by atoms with Crippen LogP contribution in [0.15, 0.2) is 12.4 Å². The molecule has 110 valence electrons. The lowest BCUT2D eigenvalue weighted by atomic mass is 10.0. The summed E-state index contributed by atoms with van der Waals surface area (Å²) in [6, 6.07) is 0. The molecule has 20 heavy (non-hydrogen) atoms. The normalized spacial score (nSPS) is 18.2. The van der Waals surface area contributed by atoms with Crippen molar-refractivity contribution in [2.45, 2.75) is 32.6 Å². The number of anilines is 1. The summed E-state index contributed by atoms with van der Waals surface area (Å²) in [6.45, 7) is 4.43. The Morgan fingerprint density at radius 2 is 2.40 bits per heavy atom. The molecule has 0 spiro atoms. The van der Waals surface area contributed by atoms with Gasteiger partial charge in [0.25, 0.3) is 0 Å². The highest BCUT2D eigenvalue weighted by Crippen LogP contribution is 2.25. The average molecular weight is 279 g/mol. The van der Waals surface area contributed by atoms with Gasteiger partial charge in [-0.2, -0.15) is 4.98 Å². The standard InChI is InChI=1S/C14H21N3O3/c1-2-7-20-13-9-15-8-12(16-13)17-6-5-11(10-17)3-4-14(18)19/h8-9,11H,2-7,10H2,1H3,(H,18,19). The lowest BCUT2D eigenvalue weighted by molar-refractivity contribution is -0.137. The average Bonchev–Trinajstić information content (AvgIpc) is 2.92. The van der Waals surface area contributed by atoms with Crippen LogP contribution in [0.3, 0.4) is 0 Å². The van der Waals surface area contributed by atoms with E-state index in [1.54, 1.807) is 12.4 Å². The largest absolute Gasteiger partial charge is 0.481 e. The quantitative estimate of drug-likeness (QED) is 0.822. The molecule has 0 radical (unpaired) electrons. The summed E-state index contributed by atoms with van der Waals surface area (Å²) >= 11 is 0. The number of carboxylic acid groups (broad SMARTS) is 1. The second kappa shape index (κ2) is 7.07. The molecule has 1 saturated heterocycles. The van der Waals surface area contributed by atoms with E-state index in [2.05, 4.69) is 14.9 Å². The van der Waals surface area contributed by atoms with Crippen LogP contribution < -0.4 is 9.64 Å². The zero-order valence-electron chi connectivity index (χ0n) is 11.8. The Morgan fingerprint density at radius 1 is 1.55 bits per heavy atom. The zero-order chi connectivity index (χ0) is 14.4. The van der Waals surface area contributed by atoms with Gasteiger partial charge in [-0.3, -0.25) is 9.78 Å². The first kappa shape index (κ1) is 14.6. The van der Waals surface area contributed by atoms with Crippen molar-refractivity contribution in [3.8, 4) is 5.88 Å². The molecule has 1 N–H and O–H groups in total. The number of rotatable bonds is 7. The Hall–Kier alpha value is -1.85. The molecule has 1 aromatic rings. The number of aromatic nitrogens is 2. The van der Waals surface area contributed by atoms with E-state index in [1.165, 1.54) is 0 Å². The van der Waals surface area contributed by atoms with Gasteiger partial charge < -0.3 is 14.7 Å². The van der Waals surface area contributed by atoms with Gasteiger partial charge in [0.15, 0.2) is 5.82 Å². The number of carboxylic acids is 1. The van der Waals surface area contributed by atoms with Crippen molar-refractivity contribution in [3.05, 3.63) is 12.4 Å². The Bertz CT molecular complexity index is 453. The molecule has 2 heterocycles. The van der Waals surface area contributed by atoms with Crippen molar-refractivity contribution in [1.29, 1.82) is 0 Å². The van der Waals surface area contributed by atoms with Crippen LogP contribution in [0.25, 0.3) is 0 Å². The summed E-state index contributed by atoms with van der Waals surface area (Å²) in [6.07, 6.45) is 6.27. The van der Waals surface area contributed by atoms with Crippen LogP contribution in [0, 0.1) is 5.92 Å². The summed E-state index contributed by atoms with van der Waals surface area (Å²) in [7, 11) is 0. The summed E-state index contributed by atoms with van der Waals surface area (Å²) < 4.78 is 5.48. The number of carbonyl (C=O) groups is 1. The van der Waals surface area contributed by atoms with Gasteiger partial charge in [-0.15, -0.1) is 0 Å². The fourth-order valence-corrected chi connectivity index (χ4v) is 2.37. The third-order valence-electron chi connectivity index (χ3n) is 3.43. The summed E-state index contributed by atoms with van der Waals surface area (Å²) in [4.78, 5) is 21.4. The van der Waals surface area contributed by atoms with Crippen molar-refractivity contribution in [2.24, 2.45) is 5.92 Å². The highest BCUT2D eigenvalue weighted by atomic mass is 16.5. The zero-order valence-corrected chi connectivity index (χ0v) is 11.8. The minimum atomic E-state index is -0.724. The predicted molar refractivity (Wildman–Crippen MR) is 75.0 cm³/mol. The van der Waals surface area contributed by atoms with E-state index in [4.69, 9.17) is 9.84 Å². The number of hydrogen-bond donors (Lipinski definition) is 1. The van der Waals surface area contributed by atoms with Gasteiger partial charge in [-0.1, -0.05) is 6.92 Å². The van der Waals surface area contributed by atoms with Gasteiger partial charge in [-0.05, 0) is 25.2 Å². The molecule has 6 heteroatoms. The van der Waals surface area contributed by atoms with Gasteiger partial charge in [0.1, 0.15) is 0 Å². The molecular formula is C14H21N3O3. The fraction of sp³-hybridized carbons (Fsp3) is 0.643. The minimum absolute atomic E-state index is 0.240. The van der Waals surface area contributed by atoms with E-state index in [-0.39, 0.29) is 6.42 Å². The van der Waals surface area contributed by atoms with Crippen LogP contribution in [0.1, 0.15) is 32.6 Å². The van der Waals surface area contributed by atoms with E-state index in [0.29, 0.717) is 18.4 Å². The number of aliphatic carboxylic acids is 1. The van der Waals surface area contributed by atoms with E-state index in [9.17, 15) is 4.79 Å². The predicted octanol–water partition coefficient (Wildman–Crippen LogP) is 1.96. The number of nitrogens with zero attached hydrogens (tertiary/aromatic N) is 3. The second-order valence-electron chi connectivity index (χ2n) is 5.10. The van der Waals surface area contributed by atoms with Crippen molar-refractivity contribution < 1.29 is 14.6 Å². The van der Waals surface area contributed by atoms with Gasteiger partial charge >= 0.3 is 5.97 Å². The van der Waals surface area contributed by atoms with E-state index in [1.807, 2.05) is 6.92 Å². The minimum Gasteiger partial charge on any atom is -0.481 e. The van der Waals surface area contributed by atoms with E-state index < -0.39 is 5.97 Å². The molecule has 0 aliphatic carbocycles. The fourth-order valence-electron chi connectivity index (χ4n) is 2.37. The van der Waals surface area contributed by atoms with Crippen LogP contribution in [0.4, 0.5) is 5.82 Å². The lowest BCUT2D eigenvalue weighted by Crippen LogP contribution is -2.21. The smallest absolute Gasteiger partial charge is 0.303 e. The highest BCUT2D eigenvalue weighted by Gasteiger charge is 2.24. The number of ether oxygens (including phenoxy) is 1. The second-order valence-corrected chi connectivity index (χ2v) is 5.10. The van der Waals surface area contributed by atoms with Crippen LogP contribution in [-0.4, -0.2) is 40.7 Å². The Labute approximate surface area is 118 Å². The molecule has 0 saturated carbocycles. The summed E-state index contributed by atoms with van der Waals surface area (Å²) in [5, 5.41) is 8.72. The SMILES string of the molecule is CCCOc1cncc(N2CCC(CCC(=O)O)C2)n1. The highest BCUT2D eigenvalue weighted by molar-refractivity contribution is 5.66. The monoisotopic (exact) mass is 279 g/mol. The first-order valence-corrected chi connectivity index (χ1v) is 7.10. The molecule has 1 aliphatic rings. The third-order valence-corrected chi connectivity index (χ3v) is 3.43. The molecule has 0 aromatic carbocycles.